The van der Waals surface area contributed by atoms with E-state index in [9.17, 15) is 0 Å². The minimum Gasteiger partial charge on any atom is -0.495 e. The third-order valence-corrected chi connectivity index (χ3v) is 3.00. The lowest BCUT2D eigenvalue weighted by molar-refractivity contribution is 0.395. The van der Waals surface area contributed by atoms with Gasteiger partial charge >= 0.3 is 6.01 Å². The fourth-order valence-corrected chi connectivity index (χ4v) is 1.92. The van der Waals surface area contributed by atoms with Crippen molar-refractivity contribution in [3.63, 3.8) is 0 Å². The summed E-state index contributed by atoms with van der Waals surface area (Å²) < 4.78 is 15.9. The minimum atomic E-state index is 0.266. The number of benzene rings is 1. The van der Waals surface area contributed by atoms with E-state index in [-0.39, 0.29) is 6.01 Å². The molecule has 1 heterocycles. The first-order valence-corrected chi connectivity index (χ1v) is 6.77. The van der Waals surface area contributed by atoms with Crippen molar-refractivity contribution >= 4 is 23.3 Å². The summed E-state index contributed by atoms with van der Waals surface area (Å²) in [5.74, 6) is 1.58. The van der Waals surface area contributed by atoms with Crippen LogP contribution in [0.4, 0.5) is 11.7 Å². The lowest BCUT2D eigenvalue weighted by Gasteiger charge is -2.11. The minimum absolute atomic E-state index is 0.266. The van der Waals surface area contributed by atoms with Crippen LogP contribution < -0.4 is 20.1 Å². The van der Waals surface area contributed by atoms with E-state index in [0.29, 0.717) is 34.6 Å². The Morgan fingerprint density at radius 3 is 2.62 bits per heavy atom. The molecule has 0 fully saturated rings. The maximum Gasteiger partial charge on any atom is 0.320 e. The Hall–Kier alpha value is -1.99. The first kappa shape index (κ1) is 15.4. The first-order chi connectivity index (χ1) is 10.2. The molecule has 0 saturated carbocycles. The van der Waals surface area contributed by atoms with E-state index in [2.05, 4.69) is 20.8 Å². The van der Waals surface area contributed by atoms with Gasteiger partial charge in [0.05, 0.1) is 31.5 Å². The summed E-state index contributed by atoms with van der Waals surface area (Å²) >= 11 is 6.10. The zero-order valence-corrected chi connectivity index (χ0v) is 12.8. The summed E-state index contributed by atoms with van der Waals surface area (Å²) in [5.41, 5.74) is 0.613. The molecule has 0 aliphatic heterocycles. The van der Waals surface area contributed by atoms with Crippen molar-refractivity contribution in [3.8, 4) is 11.5 Å². The highest BCUT2D eigenvalue weighted by atomic mass is 35.5. The standard InChI is InChI=1S/C13H17ClN4O3/c1-4-15-7-12-17-18-13(21-12)16-9-5-8(14)10(19-2)6-11(9)20-3/h5-6,15H,4,7H2,1-3H3,(H,16,18). The Balaban J connectivity index is 2.18. The van der Waals surface area contributed by atoms with E-state index in [0.717, 1.165) is 6.54 Å². The molecule has 0 saturated heterocycles. The number of ether oxygens (including phenoxy) is 2. The molecule has 0 radical (unpaired) electrons. The van der Waals surface area contributed by atoms with E-state index < -0.39 is 0 Å². The second kappa shape index (κ2) is 7.14. The van der Waals surface area contributed by atoms with Gasteiger partial charge in [0.1, 0.15) is 11.5 Å². The predicted molar refractivity (Wildman–Crippen MR) is 79.5 cm³/mol. The molecule has 0 spiro atoms. The van der Waals surface area contributed by atoms with Crippen LogP contribution in [0.15, 0.2) is 16.5 Å². The third kappa shape index (κ3) is 3.77. The lowest BCUT2D eigenvalue weighted by Crippen LogP contribution is -2.11. The molecule has 0 amide bonds. The molecule has 21 heavy (non-hydrogen) atoms. The molecule has 0 atom stereocenters. The fraction of sp³-hybridized carbons (Fsp3) is 0.385. The van der Waals surface area contributed by atoms with Crippen molar-refractivity contribution in [3.05, 3.63) is 23.0 Å². The second-order valence-electron chi connectivity index (χ2n) is 4.09. The van der Waals surface area contributed by atoms with Gasteiger partial charge in [-0.15, -0.1) is 5.10 Å². The highest BCUT2D eigenvalue weighted by molar-refractivity contribution is 6.32. The van der Waals surface area contributed by atoms with Crippen molar-refractivity contribution in [2.45, 2.75) is 13.5 Å². The van der Waals surface area contributed by atoms with Crippen molar-refractivity contribution in [1.82, 2.24) is 15.5 Å². The molecule has 1 aromatic carbocycles. The zero-order chi connectivity index (χ0) is 15.2. The molecule has 114 valence electrons. The molecule has 7 nitrogen and oxygen atoms in total. The molecular weight excluding hydrogens is 296 g/mol. The zero-order valence-electron chi connectivity index (χ0n) is 12.1. The van der Waals surface area contributed by atoms with Gasteiger partial charge in [-0.2, -0.15) is 0 Å². The van der Waals surface area contributed by atoms with Gasteiger partial charge in [-0.05, 0) is 12.6 Å². The number of nitrogens with zero attached hydrogens (tertiary/aromatic N) is 2. The van der Waals surface area contributed by atoms with Crippen molar-refractivity contribution in [1.29, 1.82) is 0 Å². The van der Waals surface area contributed by atoms with E-state index in [1.807, 2.05) is 6.92 Å². The molecule has 2 N–H and O–H groups in total. The normalized spacial score (nSPS) is 10.5. The SMILES string of the molecule is CCNCc1nnc(Nc2cc(Cl)c(OC)cc2OC)o1. The third-order valence-electron chi connectivity index (χ3n) is 2.71. The summed E-state index contributed by atoms with van der Waals surface area (Å²) in [4.78, 5) is 0. The average molecular weight is 313 g/mol. The van der Waals surface area contributed by atoms with Gasteiger partial charge < -0.3 is 24.5 Å². The molecule has 0 aliphatic rings. The molecule has 8 heteroatoms. The predicted octanol–water partition coefficient (Wildman–Crippen LogP) is 2.59. The van der Waals surface area contributed by atoms with Gasteiger partial charge in [0.2, 0.25) is 5.89 Å². The molecular formula is C13H17ClN4O3. The van der Waals surface area contributed by atoms with Crippen LogP contribution in [0.25, 0.3) is 0 Å². The highest BCUT2D eigenvalue weighted by Crippen LogP contribution is 2.37. The number of rotatable bonds is 7. The van der Waals surface area contributed by atoms with Gasteiger partial charge in [0, 0.05) is 6.07 Å². The molecule has 0 bridgehead atoms. The summed E-state index contributed by atoms with van der Waals surface area (Å²) in [5, 5.41) is 14.4. The fourth-order valence-electron chi connectivity index (χ4n) is 1.68. The summed E-state index contributed by atoms with van der Waals surface area (Å²) in [7, 11) is 3.09. The summed E-state index contributed by atoms with van der Waals surface area (Å²) in [6, 6.07) is 3.62. The number of methoxy groups -OCH3 is 2. The Morgan fingerprint density at radius 1 is 1.19 bits per heavy atom. The number of nitrogens with one attached hydrogen (secondary N) is 2. The molecule has 2 aromatic rings. The van der Waals surface area contributed by atoms with Crippen LogP contribution in [0.3, 0.4) is 0 Å². The topological polar surface area (TPSA) is 81.4 Å². The summed E-state index contributed by atoms with van der Waals surface area (Å²) in [6.45, 7) is 3.35. The summed E-state index contributed by atoms with van der Waals surface area (Å²) in [6.07, 6.45) is 0. The Morgan fingerprint density at radius 2 is 1.95 bits per heavy atom. The first-order valence-electron chi connectivity index (χ1n) is 6.39. The maximum atomic E-state index is 6.10. The van der Waals surface area contributed by atoms with Gasteiger partial charge in [0.25, 0.3) is 0 Å². The molecule has 1 aromatic heterocycles. The molecule has 2 rings (SSSR count). The lowest BCUT2D eigenvalue weighted by atomic mass is 10.2. The van der Waals surface area contributed by atoms with Crippen LogP contribution in [0.1, 0.15) is 12.8 Å². The molecule has 0 unspecified atom stereocenters. The van der Waals surface area contributed by atoms with Crippen LogP contribution in [0, 0.1) is 0 Å². The van der Waals surface area contributed by atoms with Crippen LogP contribution in [-0.4, -0.2) is 31.0 Å². The van der Waals surface area contributed by atoms with Crippen LogP contribution in [0.5, 0.6) is 11.5 Å². The number of hydrogen-bond donors (Lipinski definition) is 2. The van der Waals surface area contributed by atoms with Gasteiger partial charge in [-0.3, -0.25) is 0 Å². The number of hydrogen-bond acceptors (Lipinski definition) is 7. The van der Waals surface area contributed by atoms with Gasteiger partial charge in [-0.25, -0.2) is 0 Å². The number of halogens is 1. The number of anilines is 2. The van der Waals surface area contributed by atoms with Crippen molar-refractivity contribution in [2.75, 3.05) is 26.1 Å². The van der Waals surface area contributed by atoms with Crippen LogP contribution >= 0.6 is 11.6 Å². The van der Waals surface area contributed by atoms with Crippen molar-refractivity contribution in [2.24, 2.45) is 0 Å². The maximum absolute atomic E-state index is 6.10. The van der Waals surface area contributed by atoms with E-state index in [4.69, 9.17) is 25.5 Å². The van der Waals surface area contributed by atoms with E-state index >= 15 is 0 Å². The van der Waals surface area contributed by atoms with Crippen molar-refractivity contribution < 1.29 is 13.9 Å². The van der Waals surface area contributed by atoms with E-state index in [1.54, 1.807) is 26.4 Å². The second-order valence-corrected chi connectivity index (χ2v) is 4.50. The van der Waals surface area contributed by atoms with Gasteiger partial charge in [0.15, 0.2) is 0 Å². The monoisotopic (exact) mass is 312 g/mol. The Labute approximate surface area is 127 Å². The number of aromatic nitrogens is 2. The van der Waals surface area contributed by atoms with E-state index in [1.165, 1.54) is 0 Å². The van der Waals surface area contributed by atoms with Crippen LogP contribution in [0.2, 0.25) is 5.02 Å². The smallest absolute Gasteiger partial charge is 0.320 e. The largest absolute Gasteiger partial charge is 0.495 e. The quantitative estimate of drug-likeness (QED) is 0.813. The average Bonchev–Trinajstić information content (AvgIpc) is 2.93. The Bertz CT molecular complexity index is 603. The van der Waals surface area contributed by atoms with Gasteiger partial charge in [-0.1, -0.05) is 23.6 Å². The molecule has 0 aliphatic carbocycles. The van der Waals surface area contributed by atoms with Crippen LogP contribution in [-0.2, 0) is 6.54 Å². The highest BCUT2D eigenvalue weighted by Gasteiger charge is 2.13. The Kier molecular flexibility index (Phi) is 5.24.